The number of aromatic nitrogens is 2. The third kappa shape index (κ3) is 3.03. The highest BCUT2D eigenvalue weighted by atomic mass is 16.6. The third-order valence-electron chi connectivity index (χ3n) is 3.90. The number of aryl methyl sites for hydroxylation is 1. The Labute approximate surface area is 120 Å². The van der Waals surface area contributed by atoms with Gasteiger partial charge >= 0.3 is 5.97 Å². The molecule has 0 aliphatic carbocycles. The van der Waals surface area contributed by atoms with E-state index in [-0.39, 0.29) is 5.97 Å². The number of hydrogen-bond acceptors (Lipinski definition) is 4. The van der Waals surface area contributed by atoms with Crippen molar-refractivity contribution >= 4 is 5.97 Å². The van der Waals surface area contributed by atoms with Crippen LogP contribution in [0, 0.1) is 0 Å². The molecular formula is C15H25N3O2. The molecule has 5 nitrogen and oxygen atoms in total. The number of nitrogens with zero attached hydrogens (tertiary/aromatic N) is 3. The Hall–Kier alpha value is -1.36. The molecule has 20 heavy (non-hydrogen) atoms. The van der Waals surface area contributed by atoms with Crippen molar-refractivity contribution in [1.29, 1.82) is 0 Å². The monoisotopic (exact) mass is 279 g/mol. The van der Waals surface area contributed by atoms with E-state index in [2.05, 4.69) is 10.00 Å². The molecule has 1 aromatic rings. The normalized spacial score (nSPS) is 24.1. The third-order valence-corrected chi connectivity index (χ3v) is 3.90. The summed E-state index contributed by atoms with van der Waals surface area (Å²) < 4.78 is 7.46. The van der Waals surface area contributed by atoms with Gasteiger partial charge in [-0.15, -0.1) is 0 Å². The number of carbonyl (C=O) groups excluding carboxylic acids is 1. The summed E-state index contributed by atoms with van der Waals surface area (Å²) in [5.41, 5.74) is 0.139. The first-order valence-electron chi connectivity index (χ1n) is 7.18. The van der Waals surface area contributed by atoms with E-state index >= 15 is 0 Å². The van der Waals surface area contributed by atoms with Gasteiger partial charge in [-0.25, -0.2) is 0 Å². The van der Waals surface area contributed by atoms with Crippen molar-refractivity contribution in [2.24, 2.45) is 7.05 Å². The number of hydrogen-bond donors (Lipinski definition) is 0. The van der Waals surface area contributed by atoms with Crippen molar-refractivity contribution < 1.29 is 9.53 Å². The molecule has 112 valence electrons. The molecule has 1 aliphatic heterocycles. The first kappa shape index (κ1) is 15.0. The minimum Gasteiger partial charge on any atom is -0.459 e. The predicted octanol–water partition coefficient (Wildman–Crippen LogP) is 2.12. The van der Waals surface area contributed by atoms with Crippen LogP contribution in [0.3, 0.4) is 0 Å². The first-order chi connectivity index (χ1) is 9.22. The minimum atomic E-state index is -0.530. The van der Waals surface area contributed by atoms with E-state index in [1.807, 2.05) is 45.5 Å². The molecule has 2 rings (SSSR count). The molecule has 1 fully saturated rings. The van der Waals surface area contributed by atoms with Crippen LogP contribution in [-0.2, 0) is 23.1 Å². The van der Waals surface area contributed by atoms with Gasteiger partial charge in [0, 0.05) is 19.8 Å². The highest BCUT2D eigenvalue weighted by Gasteiger charge is 2.45. The smallest absolute Gasteiger partial charge is 0.326 e. The summed E-state index contributed by atoms with van der Waals surface area (Å²) in [7, 11) is 1.93. The summed E-state index contributed by atoms with van der Waals surface area (Å²) in [6, 6.07) is 1.99. The molecule has 0 amide bonds. The first-order valence-corrected chi connectivity index (χ1v) is 7.18. The number of rotatable bonds is 3. The Balaban J connectivity index is 2.13. The number of likely N-dealkylation sites (tertiary alicyclic amines) is 1. The minimum absolute atomic E-state index is 0.121. The summed E-state index contributed by atoms with van der Waals surface area (Å²) in [6.45, 7) is 9.37. The fourth-order valence-corrected chi connectivity index (χ4v) is 2.64. The molecule has 0 saturated carbocycles. The average molecular weight is 279 g/mol. The van der Waals surface area contributed by atoms with Gasteiger partial charge in [-0.1, -0.05) is 0 Å². The molecule has 1 saturated heterocycles. The second kappa shape index (κ2) is 5.20. The van der Waals surface area contributed by atoms with Crippen molar-refractivity contribution in [2.45, 2.75) is 58.2 Å². The van der Waals surface area contributed by atoms with E-state index in [4.69, 9.17) is 4.74 Å². The molecule has 0 N–H and O–H groups in total. The quantitative estimate of drug-likeness (QED) is 0.795. The van der Waals surface area contributed by atoms with E-state index in [1.165, 1.54) is 0 Å². The van der Waals surface area contributed by atoms with Crippen LogP contribution in [0.25, 0.3) is 0 Å². The van der Waals surface area contributed by atoms with Gasteiger partial charge in [-0.05, 0) is 53.1 Å². The lowest BCUT2D eigenvalue weighted by molar-refractivity contribution is -0.167. The summed E-state index contributed by atoms with van der Waals surface area (Å²) in [5.74, 6) is -0.121. The zero-order valence-electron chi connectivity index (χ0n) is 13.1. The Morgan fingerprint density at radius 3 is 2.75 bits per heavy atom. The van der Waals surface area contributed by atoms with Crippen LogP contribution in [-0.4, -0.2) is 38.3 Å². The van der Waals surface area contributed by atoms with Gasteiger partial charge in [-0.3, -0.25) is 14.4 Å². The van der Waals surface area contributed by atoms with Crippen LogP contribution in [0.2, 0.25) is 0 Å². The van der Waals surface area contributed by atoms with Crippen molar-refractivity contribution in [2.75, 3.05) is 6.54 Å². The molecule has 0 bridgehead atoms. The second-order valence-corrected chi connectivity index (χ2v) is 6.75. The van der Waals surface area contributed by atoms with Crippen LogP contribution in [0.5, 0.6) is 0 Å². The number of carbonyl (C=O) groups is 1. The molecule has 0 radical (unpaired) electrons. The molecule has 1 aliphatic rings. The predicted molar refractivity (Wildman–Crippen MR) is 77.1 cm³/mol. The van der Waals surface area contributed by atoms with E-state index in [0.717, 1.165) is 31.6 Å². The second-order valence-electron chi connectivity index (χ2n) is 6.75. The fraction of sp³-hybridized carbons (Fsp3) is 0.733. The standard InChI is InChI=1S/C15H25N3O2/c1-14(2,3)20-13(19)15(4)8-6-10-18(15)11-12-7-9-16-17(12)5/h7,9H,6,8,10-11H2,1-5H3. The Morgan fingerprint density at radius 2 is 2.20 bits per heavy atom. The zero-order valence-corrected chi connectivity index (χ0v) is 13.1. The summed E-state index contributed by atoms with van der Waals surface area (Å²) >= 11 is 0. The van der Waals surface area contributed by atoms with Crippen molar-refractivity contribution in [1.82, 2.24) is 14.7 Å². The van der Waals surface area contributed by atoms with Crippen LogP contribution in [0.1, 0.15) is 46.2 Å². The molecule has 0 aromatic carbocycles. The summed E-state index contributed by atoms with van der Waals surface area (Å²) in [5, 5.41) is 4.18. The van der Waals surface area contributed by atoms with E-state index in [9.17, 15) is 4.79 Å². The van der Waals surface area contributed by atoms with Crippen molar-refractivity contribution in [3.63, 3.8) is 0 Å². The maximum atomic E-state index is 12.5. The van der Waals surface area contributed by atoms with Gasteiger partial charge in [0.05, 0.1) is 5.69 Å². The zero-order chi connectivity index (χ0) is 15.0. The molecule has 1 atom stereocenters. The topological polar surface area (TPSA) is 47.4 Å². The van der Waals surface area contributed by atoms with Crippen LogP contribution >= 0.6 is 0 Å². The van der Waals surface area contributed by atoms with Gasteiger partial charge in [0.2, 0.25) is 0 Å². The van der Waals surface area contributed by atoms with Crippen molar-refractivity contribution in [3.8, 4) is 0 Å². The average Bonchev–Trinajstić information content (AvgIpc) is 2.87. The van der Waals surface area contributed by atoms with Crippen LogP contribution < -0.4 is 0 Å². The SMILES string of the molecule is Cn1nccc1CN1CCCC1(C)C(=O)OC(C)(C)C. The summed E-state index contributed by atoms with van der Waals surface area (Å²) in [4.78, 5) is 14.7. The fourth-order valence-electron chi connectivity index (χ4n) is 2.64. The van der Waals surface area contributed by atoms with Gasteiger partial charge in [0.1, 0.15) is 11.1 Å². The Morgan fingerprint density at radius 1 is 1.50 bits per heavy atom. The maximum Gasteiger partial charge on any atom is 0.326 e. The molecule has 1 aromatic heterocycles. The molecular weight excluding hydrogens is 254 g/mol. The van der Waals surface area contributed by atoms with Gasteiger partial charge in [-0.2, -0.15) is 5.10 Å². The number of ether oxygens (including phenoxy) is 1. The molecule has 2 heterocycles. The van der Waals surface area contributed by atoms with Crippen molar-refractivity contribution in [3.05, 3.63) is 18.0 Å². The van der Waals surface area contributed by atoms with Gasteiger partial charge in [0.15, 0.2) is 0 Å². The van der Waals surface area contributed by atoms with Crippen LogP contribution in [0.4, 0.5) is 0 Å². The molecule has 1 unspecified atom stereocenters. The van der Waals surface area contributed by atoms with Gasteiger partial charge in [0.25, 0.3) is 0 Å². The highest BCUT2D eigenvalue weighted by molar-refractivity contribution is 5.81. The van der Waals surface area contributed by atoms with Gasteiger partial charge < -0.3 is 4.74 Å². The lowest BCUT2D eigenvalue weighted by atomic mass is 9.98. The van der Waals surface area contributed by atoms with E-state index in [0.29, 0.717) is 0 Å². The summed E-state index contributed by atoms with van der Waals surface area (Å²) in [6.07, 6.45) is 3.66. The lowest BCUT2D eigenvalue weighted by Gasteiger charge is -2.35. The number of esters is 1. The molecule has 0 spiro atoms. The van der Waals surface area contributed by atoms with E-state index < -0.39 is 11.1 Å². The lowest BCUT2D eigenvalue weighted by Crippen LogP contribution is -2.50. The van der Waals surface area contributed by atoms with Crippen LogP contribution in [0.15, 0.2) is 12.3 Å². The Bertz CT molecular complexity index is 490. The highest BCUT2D eigenvalue weighted by Crippen LogP contribution is 2.32. The molecule has 5 heteroatoms. The Kier molecular flexibility index (Phi) is 3.91. The van der Waals surface area contributed by atoms with E-state index in [1.54, 1.807) is 6.20 Å². The largest absolute Gasteiger partial charge is 0.459 e. The maximum absolute atomic E-state index is 12.5.